The van der Waals surface area contributed by atoms with E-state index >= 15 is 0 Å². The van der Waals surface area contributed by atoms with E-state index in [1.807, 2.05) is 24.3 Å². The number of hydrogen-bond donors (Lipinski definition) is 0. The maximum Gasteiger partial charge on any atom is 0.0406 e. The summed E-state index contributed by atoms with van der Waals surface area (Å²) in [5.74, 6) is 0. The van der Waals surface area contributed by atoms with Gasteiger partial charge < -0.3 is 0 Å². The van der Waals surface area contributed by atoms with Crippen molar-refractivity contribution < 1.29 is 0 Å². The largest absolute Gasteiger partial charge is 0.0843 e. The summed E-state index contributed by atoms with van der Waals surface area (Å²) in [6.45, 7) is 0. The van der Waals surface area contributed by atoms with Crippen LogP contribution in [0.3, 0.4) is 0 Å². The van der Waals surface area contributed by atoms with E-state index < -0.39 is 0 Å². The molecule has 0 amide bonds. The van der Waals surface area contributed by atoms with E-state index in [-0.39, 0.29) is 0 Å². The number of rotatable bonds is 3. The molecule has 0 aliphatic carbocycles. The predicted octanol–water partition coefficient (Wildman–Crippen LogP) is 8.10. The molecule has 0 N–H and O–H groups in total. The van der Waals surface area contributed by atoms with Gasteiger partial charge in [-0.05, 0) is 46.0 Å². The molecule has 0 fully saturated rings. The van der Waals surface area contributed by atoms with Crippen LogP contribution in [0.5, 0.6) is 0 Å². The van der Waals surface area contributed by atoms with E-state index in [0.717, 1.165) is 15.1 Å². The maximum atomic E-state index is 6.11. The summed E-state index contributed by atoms with van der Waals surface area (Å²) in [6.07, 6.45) is 0. The standard InChI is InChI=1S/C24H16BrCl/c25-22-16-15-21(17-7-3-1-4-8-17)23(18-9-5-2-6-10-18)24(22)19-11-13-20(26)14-12-19/h1-16H. The second-order valence-electron chi connectivity index (χ2n) is 6.08. The number of hydrogen-bond acceptors (Lipinski definition) is 0. The van der Waals surface area contributed by atoms with Crippen molar-refractivity contribution in [2.24, 2.45) is 0 Å². The molecule has 4 rings (SSSR count). The van der Waals surface area contributed by atoms with Crippen molar-refractivity contribution in [3.63, 3.8) is 0 Å². The van der Waals surface area contributed by atoms with Crippen molar-refractivity contribution in [3.05, 3.63) is 107 Å². The molecule has 0 nitrogen and oxygen atoms in total. The van der Waals surface area contributed by atoms with Gasteiger partial charge in [-0.15, -0.1) is 0 Å². The van der Waals surface area contributed by atoms with Gasteiger partial charge in [0.1, 0.15) is 0 Å². The van der Waals surface area contributed by atoms with Crippen molar-refractivity contribution in [2.75, 3.05) is 0 Å². The molecule has 0 spiro atoms. The van der Waals surface area contributed by atoms with Crippen LogP contribution >= 0.6 is 27.5 Å². The summed E-state index contributed by atoms with van der Waals surface area (Å²) in [7, 11) is 0. The minimum Gasteiger partial charge on any atom is -0.0843 e. The SMILES string of the molecule is Clc1ccc(-c2c(Br)ccc(-c3ccccc3)c2-c2ccccc2)cc1. The Bertz CT molecular complexity index is 1020. The lowest BCUT2D eigenvalue weighted by Gasteiger charge is -2.18. The first-order valence-electron chi connectivity index (χ1n) is 8.43. The Kier molecular flexibility index (Phi) is 4.92. The van der Waals surface area contributed by atoms with E-state index in [4.69, 9.17) is 11.6 Å². The zero-order valence-corrected chi connectivity index (χ0v) is 16.3. The lowest BCUT2D eigenvalue weighted by molar-refractivity contribution is 1.53. The highest BCUT2D eigenvalue weighted by molar-refractivity contribution is 9.10. The van der Waals surface area contributed by atoms with Crippen molar-refractivity contribution in [3.8, 4) is 33.4 Å². The molecule has 0 saturated carbocycles. The van der Waals surface area contributed by atoms with Crippen molar-refractivity contribution in [2.45, 2.75) is 0 Å². The van der Waals surface area contributed by atoms with Gasteiger partial charge >= 0.3 is 0 Å². The van der Waals surface area contributed by atoms with Crippen molar-refractivity contribution in [1.29, 1.82) is 0 Å². The van der Waals surface area contributed by atoms with Crippen LogP contribution in [0, 0.1) is 0 Å². The Morgan fingerprint density at radius 1 is 0.500 bits per heavy atom. The van der Waals surface area contributed by atoms with Crippen LogP contribution in [-0.2, 0) is 0 Å². The van der Waals surface area contributed by atoms with Crippen LogP contribution in [0.1, 0.15) is 0 Å². The Hall–Kier alpha value is -2.35. The molecule has 0 aromatic heterocycles. The Morgan fingerprint density at radius 2 is 1.04 bits per heavy atom. The van der Waals surface area contributed by atoms with Gasteiger partial charge in [0.25, 0.3) is 0 Å². The molecular formula is C24H16BrCl. The molecule has 0 heterocycles. The molecule has 0 atom stereocenters. The molecule has 2 heteroatoms. The molecule has 0 unspecified atom stereocenters. The molecule has 4 aromatic rings. The van der Waals surface area contributed by atoms with Crippen LogP contribution in [-0.4, -0.2) is 0 Å². The second-order valence-corrected chi connectivity index (χ2v) is 7.37. The van der Waals surface area contributed by atoms with E-state index in [9.17, 15) is 0 Å². The summed E-state index contributed by atoms with van der Waals surface area (Å²) in [4.78, 5) is 0. The maximum absolute atomic E-state index is 6.11. The van der Waals surface area contributed by atoms with E-state index in [1.54, 1.807) is 0 Å². The van der Waals surface area contributed by atoms with Gasteiger partial charge in [0.2, 0.25) is 0 Å². The zero-order valence-electron chi connectivity index (χ0n) is 14.0. The molecular weight excluding hydrogens is 404 g/mol. The summed E-state index contributed by atoms with van der Waals surface area (Å²) in [6, 6.07) is 33.4. The van der Waals surface area contributed by atoms with Gasteiger partial charge in [-0.2, -0.15) is 0 Å². The third kappa shape index (κ3) is 3.33. The van der Waals surface area contributed by atoms with Crippen LogP contribution in [0.2, 0.25) is 5.02 Å². The van der Waals surface area contributed by atoms with E-state index in [0.29, 0.717) is 0 Å². The van der Waals surface area contributed by atoms with E-state index in [1.165, 1.54) is 27.8 Å². The first kappa shape index (κ1) is 17.1. The number of benzene rings is 4. The monoisotopic (exact) mass is 418 g/mol. The first-order valence-corrected chi connectivity index (χ1v) is 9.60. The molecule has 0 saturated heterocycles. The first-order chi connectivity index (χ1) is 12.7. The Labute approximate surface area is 167 Å². The summed E-state index contributed by atoms with van der Waals surface area (Å²) in [5.41, 5.74) is 7.14. The van der Waals surface area contributed by atoms with Crippen molar-refractivity contribution in [1.82, 2.24) is 0 Å². The van der Waals surface area contributed by atoms with Gasteiger partial charge in [0.05, 0.1) is 0 Å². The lowest BCUT2D eigenvalue weighted by atomic mass is 9.88. The smallest absolute Gasteiger partial charge is 0.0406 e. The van der Waals surface area contributed by atoms with Crippen LogP contribution in [0.4, 0.5) is 0 Å². The number of halogens is 2. The fourth-order valence-electron chi connectivity index (χ4n) is 3.24. The molecule has 4 aromatic carbocycles. The fourth-order valence-corrected chi connectivity index (χ4v) is 3.92. The highest BCUT2D eigenvalue weighted by Crippen LogP contribution is 2.44. The molecule has 0 aliphatic heterocycles. The topological polar surface area (TPSA) is 0 Å². The van der Waals surface area contributed by atoms with Gasteiger partial charge in [-0.25, -0.2) is 0 Å². The van der Waals surface area contributed by atoms with Crippen molar-refractivity contribution >= 4 is 27.5 Å². The molecule has 126 valence electrons. The predicted molar refractivity (Wildman–Crippen MR) is 115 cm³/mol. The highest BCUT2D eigenvalue weighted by Gasteiger charge is 2.16. The fraction of sp³-hybridized carbons (Fsp3) is 0. The highest BCUT2D eigenvalue weighted by atomic mass is 79.9. The van der Waals surface area contributed by atoms with Gasteiger partial charge in [0.15, 0.2) is 0 Å². The van der Waals surface area contributed by atoms with Gasteiger partial charge in [0, 0.05) is 15.1 Å². The van der Waals surface area contributed by atoms with Crippen LogP contribution < -0.4 is 0 Å². The molecule has 0 radical (unpaired) electrons. The lowest BCUT2D eigenvalue weighted by Crippen LogP contribution is -1.92. The second kappa shape index (κ2) is 7.49. The normalized spacial score (nSPS) is 10.7. The summed E-state index contributed by atoms with van der Waals surface area (Å²) >= 11 is 9.88. The van der Waals surface area contributed by atoms with E-state index in [2.05, 4.69) is 88.7 Å². The molecule has 0 bridgehead atoms. The zero-order chi connectivity index (χ0) is 17.9. The molecule has 26 heavy (non-hydrogen) atoms. The summed E-state index contributed by atoms with van der Waals surface area (Å²) in [5, 5.41) is 0.741. The minimum atomic E-state index is 0.741. The average Bonchev–Trinajstić information content (AvgIpc) is 2.70. The van der Waals surface area contributed by atoms with Crippen LogP contribution in [0.25, 0.3) is 33.4 Å². The van der Waals surface area contributed by atoms with Gasteiger partial charge in [-0.3, -0.25) is 0 Å². The average molecular weight is 420 g/mol. The Morgan fingerprint density at radius 3 is 1.65 bits per heavy atom. The third-order valence-electron chi connectivity index (χ3n) is 4.43. The summed E-state index contributed by atoms with van der Waals surface area (Å²) < 4.78 is 1.07. The minimum absolute atomic E-state index is 0.741. The Balaban J connectivity index is 2.06. The van der Waals surface area contributed by atoms with Gasteiger partial charge in [-0.1, -0.05) is 106 Å². The third-order valence-corrected chi connectivity index (χ3v) is 5.35. The quantitative estimate of drug-likeness (QED) is 0.314. The molecule has 0 aliphatic rings. The van der Waals surface area contributed by atoms with Crippen LogP contribution in [0.15, 0.2) is 102 Å².